The summed E-state index contributed by atoms with van der Waals surface area (Å²) in [5, 5.41) is 0. The van der Waals surface area contributed by atoms with Crippen LogP contribution in [0.5, 0.6) is 0 Å². The van der Waals surface area contributed by atoms with Gasteiger partial charge in [-0.2, -0.15) is 0 Å². The lowest BCUT2D eigenvalue weighted by atomic mass is 10.1. The van der Waals surface area contributed by atoms with Crippen LogP contribution in [-0.4, -0.2) is 61.7 Å². The van der Waals surface area contributed by atoms with E-state index < -0.39 is 48.4 Å². The number of hydrogen-bond donors (Lipinski definition) is 2. The summed E-state index contributed by atoms with van der Waals surface area (Å²) in [6, 6.07) is 17.4. The summed E-state index contributed by atoms with van der Waals surface area (Å²) in [4.78, 5) is 24.9. The van der Waals surface area contributed by atoms with Gasteiger partial charge in [0, 0.05) is 0 Å². The fourth-order valence-corrected chi connectivity index (χ4v) is 4.01. The first kappa shape index (κ1) is 22.4. The van der Waals surface area contributed by atoms with Gasteiger partial charge in [0.1, 0.15) is 24.3 Å². The fraction of sp³-hybridized carbons (Fsp3) is 0.417. The third-order valence-electron chi connectivity index (χ3n) is 5.70. The van der Waals surface area contributed by atoms with E-state index in [0.717, 1.165) is 11.1 Å². The van der Waals surface area contributed by atoms with Gasteiger partial charge in [-0.05, 0) is 24.0 Å². The summed E-state index contributed by atoms with van der Waals surface area (Å²) >= 11 is 0. The molecule has 0 bridgehead atoms. The van der Waals surface area contributed by atoms with Crippen LogP contribution >= 0.6 is 0 Å². The van der Waals surface area contributed by atoms with Crippen LogP contribution in [0.3, 0.4) is 0 Å². The van der Waals surface area contributed by atoms with Gasteiger partial charge < -0.3 is 30.4 Å². The predicted molar refractivity (Wildman–Crippen MR) is 115 cm³/mol. The molecule has 2 saturated heterocycles. The Morgan fingerprint density at radius 1 is 0.750 bits per heavy atom. The monoisotopic (exact) mass is 440 g/mol. The quantitative estimate of drug-likeness (QED) is 0.577. The molecule has 2 aromatic rings. The summed E-state index contributed by atoms with van der Waals surface area (Å²) in [6.45, 7) is 0.312. The van der Waals surface area contributed by atoms with Crippen LogP contribution in [-0.2, 0) is 41.4 Å². The molecule has 4 N–H and O–H groups in total. The van der Waals surface area contributed by atoms with E-state index >= 15 is 0 Å². The highest BCUT2D eigenvalue weighted by Crippen LogP contribution is 2.31. The van der Waals surface area contributed by atoms with Crippen LogP contribution in [0.4, 0.5) is 0 Å². The number of carbonyl (C=O) groups is 2. The second-order valence-electron chi connectivity index (χ2n) is 8.14. The van der Waals surface area contributed by atoms with E-state index in [1.807, 2.05) is 60.7 Å². The molecule has 0 radical (unpaired) electrons. The van der Waals surface area contributed by atoms with Crippen LogP contribution in [0.15, 0.2) is 60.7 Å². The Bertz CT molecular complexity index is 834. The number of benzene rings is 2. The number of fused-ring (bicyclic) bond motifs is 1. The Morgan fingerprint density at radius 2 is 1.12 bits per heavy atom. The molecule has 4 rings (SSSR count). The van der Waals surface area contributed by atoms with Crippen molar-refractivity contribution in [3.63, 3.8) is 0 Å². The highest BCUT2D eigenvalue weighted by molar-refractivity contribution is 5.76. The molecule has 0 spiro atoms. The van der Waals surface area contributed by atoms with Gasteiger partial charge in [0.15, 0.2) is 12.2 Å². The lowest BCUT2D eigenvalue weighted by molar-refractivity contribution is -0.156. The van der Waals surface area contributed by atoms with Gasteiger partial charge in [-0.3, -0.25) is 9.59 Å². The first-order chi connectivity index (χ1) is 15.5. The topological polar surface area (TPSA) is 123 Å². The summed E-state index contributed by atoms with van der Waals surface area (Å²) in [7, 11) is 0. The maximum Gasteiger partial charge on any atom is 0.323 e. The van der Waals surface area contributed by atoms with E-state index in [4.69, 9.17) is 30.4 Å². The van der Waals surface area contributed by atoms with Gasteiger partial charge in [0.25, 0.3) is 0 Å². The zero-order valence-corrected chi connectivity index (χ0v) is 17.7. The summed E-state index contributed by atoms with van der Waals surface area (Å²) < 4.78 is 22.6. The number of carbonyl (C=O) groups excluding carboxylic acids is 2. The molecule has 6 atom stereocenters. The van der Waals surface area contributed by atoms with Crippen molar-refractivity contribution in [3.05, 3.63) is 71.8 Å². The molecule has 32 heavy (non-hydrogen) atoms. The molecule has 0 aliphatic carbocycles. The van der Waals surface area contributed by atoms with Gasteiger partial charge in [-0.15, -0.1) is 0 Å². The smallest absolute Gasteiger partial charge is 0.323 e. The molecular weight excluding hydrogens is 412 g/mol. The number of hydrogen-bond acceptors (Lipinski definition) is 8. The molecule has 2 fully saturated rings. The molecule has 0 saturated carbocycles. The van der Waals surface area contributed by atoms with Crippen molar-refractivity contribution in [2.75, 3.05) is 13.2 Å². The summed E-state index contributed by atoms with van der Waals surface area (Å²) in [6.07, 6.45) is -1.46. The first-order valence-corrected chi connectivity index (χ1v) is 10.7. The SMILES string of the molecule is N[C@@H](Cc1ccccc1)C(=O)O[C@H]1COC2C1OC[C@H]2OC(=O)[C@@H](N)Cc1ccccc1. The van der Waals surface area contributed by atoms with Gasteiger partial charge in [-0.1, -0.05) is 60.7 Å². The molecule has 2 aliphatic heterocycles. The maximum atomic E-state index is 12.5. The third-order valence-corrected chi connectivity index (χ3v) is 5.70. The molecule has 0 amide bonds. The first-order valence-electron chi connectivity index (χ1n) is 10.7. The van der Waals surface area contributed by atoms with Crippen LogP contribution < -0.4 is 11.5 Å². The molecule has 170 valence electrons. The van der Waals surface area contributed by atoms with E-state index in [9.17, 15) is 9.59 Å². The van der Waals surface area contributed by atoms with Gasteiger partial charge in [0.2, 0.25) is 0 Å². The largest absolute Gasteiger partial charge is 0.456 e. The highest BCUT2D eigenvalue weighted by atomic mass is 16.7. The average molecular weight is 440 g/mol. The molecule has 2 heterocycles. The van der Waals surface area contributed by atoms with Crippen LogP contribution in [0.1, 0.15) is 11.1 Å². The van der Waals surface area contributed by atoms with Crippen molar-refractivity contribution in [2.45, 2.75) is 49.3 Å². The summed E-state index contributed by atoms with van der Waals surface area (Å²) in [5.41, 5.74) is 13.9. The minimum Gasteiger partial charge on any atom is -0.456 e. The van der Waals surface area contributed by atoms with E-state index in [2.05, 4.69) is 0 Å². The van der Waals surface area contributed by atoms with Crippen molar-refractivity contribution < 1.29 is 28.5 Å². The minimum absolute atomic E-state index is 0.156. The summed E-state index contributed by atoms with van der Waals surface area (Å²) in [5.74, 6) is -1.03. The number of esters is 2. The lowest BCUT2D eigenvalue weighted by Gasteiger charge is -2.20. The van der Waals surface area contributed by atoms with Crippen molar-refractivity contribution in [1.82, 2.24) is 0 Å². The van der Waals surface area contributed by atoms with Crippen LogP contribution in [0, 0.1) is 0 Å². The lowest BCUT2D eigenvalue weighted by Crippen LogP contribution is -2.42. The highest BCUT2D eigenvalue weighted by Gasteiger charge is 2.51. The molecule has 8 heteroatoms. The normalized spacial score (nSPS) is 26.2. The molecule has 0 aromatic heterocycles. The van der Waals surface area contributed by atoms with Gasteiger partial charge in [-0.25, -0.2) is 0 Å². The molecule has 2 unspecified atom stereocenters. The number of ether oxygens (including phenoxy) is 4. The Morgan fingerprint density at radius 3 is 1.50 bits per heavy atom. The molecular formula is C24H28N2O6. The Balaban J connectivity index is 1.26. The molecule has 2 aromatic carbocycles. The second kappa shape index (κ2) is 10.2. The molecule has 8 nitrogen and oxygen atoms in total. The van der Waals surface area contributed by atoms with Crippen molar-refractivity contribution in [3.8, 4) is 0 Å². The number of nitrogens with two attached hydrogens (primary N) is 2. The Hall–Kier alpha value is -2.78. The number of rotatable bonds is 8. The Kier molecular flexibility index (Phi) is 7.16. The van der Waals surface area contributed by atoms with E-state index in [1.165, 1.54) is 0 Å². The van der Waals surface area contributed by atoms with Gasteiger partial charge in [0.05, 0.1) is 13.2 Å². The van der Waals surface area contributed by atoms with Crippen molar-refractivity contribution >= 4 is 11.9 Å². The minimum atomic E-state index is -0.789. The van der Waals surface area contributed by atoms with Crippen LogP contribution in [0.25, 0.3) is 0 Å². The van der Waals surface area contributed by atoms with Crippen LogP contribution in [0.2, 0.25) is 0 Å². The maximum absolute atomic E-state index is 12.5. The fourth-order valence-electron chi connectivity index (χ4n) is 4.01. The average Bonchev–Trinajstić information content (AvgIpc) is 3.38. The zero-order chi connectivity index (χ0) is 22.5. The van der Waals surface area contributed by atoms with E-state index in [-0.39, 0.29) is 13.2 Å². The second-order valence-corrected chi connectivity index (χ2v) is 8.14. The Labute approximate surface area is 186 Å². The third kappa shape index (κ3) is 5.34. The predicted octanol–water partition coefficient (Wildman–Crippen LogP) is 0.748. The van der Waals surface area contributed by atoms with Gasteiger partial charge >= 0.3 is 11.9 Å². The zero-order valence-electron chi connectivity index (χ0n) is 17.7. The van der Waals surface area contributed by atoms with Crippen molar-refractivity contribution in [2.24, 2.45) is 11.5 Å². The van der Waals surface area contributed by atoms with E-state index in [1.54, 1.807) is 0 Å². The van der Waals surface area contributed by atoms with Crippen molar-refractivity contribution in [1.29, 1.82) is 0 Å². The standard InChI is InChI=1S/C24H28N2O6/c25-17(11-15-7-3-1-4-8-15)23(27)31-19-13-29-22-20(14-30-21(19)22)32-24(28)18(26)12-16-9-5-2-6-10-16/h1-10,17-22H,11-14,25-26H2/t17-,18-,19-,20+,21?,22?/m0/s1. The van der Waals surface area contributed by atoms with E-state index in [0.29, 0.717) is 12.8 Å². The molecule has 2 aliphatic rings.